The molecular weight excluding hydrogens is 142 g/mol. The second-order valence-electron chi connectivity index (χ2n) is 3.50. The molecule has 0 saturated heterocycles. The van der Waals surface area contributed by atoms with Crippen molar-refractivity contribution in [2.45, 2.75) is 26.3 Å². The number of carbonyl (C=O) groups is 1. The van der Waals surface area contributed by atoms with Gasteiger partial charge in [-0.05, 0) is 18.9 Å². The topological polar surface area (TPSA) is 49.3 Å². The van der Waals surface area contributed by atoms with Crippen LogP contribution in [0, 0.1) is 11.8 Å². The van der Waals surface area contributed by atoms with Crippen LogP contribution in [-0.4, -0.2) is 23.7 Å². The summed E-state index contributed by atoms with van der Waals surface area (Å²) in [6.07, 6.45) is 0.856. The molecule has 0 bridgehead atoms. The van der Waals surface area contributed by atoms with Gasteiger partial charge in [0.15, 0.2) is 0 Å². The Bertz CT molecular complexity index is 156. The van der Waals surface area contributed by atoms with Crippen LogP contribution in [0.5, 0.6) is 0 Å². The quantitative estimate of drug-likeness (QED) is 0.631. The highest BCUT2D eigenvalue weighted by Gasteiger charge is 2.42. The van der Waals surface area contributed by atoms with E-state index in [2.05, 4.69) is 19.2 Å². The van der Waals surface area contributed by atoms with Crippen molar-refractivity contribution in [2.75, 3.05) is 6.54 Å². The van der Waals surface area contributed by atoms with Crippen LogP contribution in [0.1, 0.15) is 20.3 Å². The predicted octanol–water partition coefficient (Wildman–Crippen LogP) is 0.705. The van der Waals surface area contributed by atoms with Gasteiger partial charge in [-0.25, -0.2) is 0 Å². The normalized spacial score (nSPS) is 29.0. The molecule has 0 aromatic carbocycles. The van der Waals surface area contributed by atoms with Crippen molar-refractivity contribution in [1.82, 2.24) is 5.32 Å². The smallest absolute Gasteiger partial charge is 0.306 e. The molecule has 1 aliphatic rings. The molecule has 1 aliphatic carbocycles. The molecule has 0 aromatic rings. The van der Waals surface area contributed by atoms with E-state index in [0.717, 1.165) is 13.0 Å². The monoisotopic (exact) mass is 157 g/mol. The van der Waals surface area contributed by atoms with Crippen molar-refractivity contribution in [3.8, 4) is 0 Å². The molecule has 1 fully saturated rings. The van der Waals surface area contributed by atoms with Crippen LogP contribution < -0.4 is 5.32 Å². The maximum atomic E-state index is 10.4. The molecule has 0 amide bonds. The van der Waals surface area contributed by atoms with Crippen LogP contribution >= 0.6 is 0 Å². The maximum Gasteiger partial charge on any atom is 0.306 e. The fourth-order valence-electron chi connectivity index (χ4n) is 1.16. The highest BCUT2D eigenvalue weighted by atomic mass is 16.4. The molecular formula is C8H15NO2. The average Bonchev–Trinajstić information content (AvgIpc) is 2.61. The lowest BCUT2D eigenvalue weighted by Gasteiger charge is -2.05. The summed E-state index contributed by atoms with van der Waals surface area (Å²) in [4.78, 5) is 10.4. The van der Waals surface area contributed by atoms with E-state index in [9.17, 15) is 4.79 Å². The van der Waals surface area contributed by atoms with Crippen LogP contribution in [0.3, 0.4) is 0 Å². The minimum Gasteiger partial charge on any atom is -0.481 e. The van der Waals surface area contributed by atoms with Gasteiger partial charge in [-0.2, -0.15) is 0 Å². The number of rotatable bonds is 4. The molecule has 0 aliphatic heterocycles. The third-order valence-electron chi connectivity index (χ3n) is 2.03. The minimum atomic E-state index is -0.638. The van der Waals surface area contributed by atoms with E-state index in [1.54, 1.807) is 0 Å². The first-order chi connectivity index (χ1) is 5.11. The van der Waals surface area contributed by atoms with Crippen LogP contribution in [0.4, 0.5) is 0 Å². The molecule has 2 atom stereocenters. The second kappa shape index (κ2) is 3.22. The van der Waals surface area contributed by atoms with E-state index in [-0.39, 0.29) is 5.92 Å². The molecule has 1 saturated carbocycles. The molecule has 0 spiro atoms. The van der Waals surface area contributed by atoms with Crippen LogP contribution in [0.2, 0.25) is 0 Å². The number of nitrogens with one attached hydrogen (secondary N) is 1. The van der Waals surface area contributed by atoms with Crippen molar-refractivity contribution < 1.29 is 9.90 Å². The summed E-state index contributed by atoms with van der Waals surface area (Å²) in [5.41, 5.74) is 0. The standard InChI is InChI=1S/C8H15NO2/c1-5(2)9-4-6-3-7(6)8(10)11/h5-7,9H,3-4H2,1-2H3,(H,10,11). The second-order valence-corrected chi connectivity index (χ2v) is 3.50. The number of hydrogen-bond donors (Lipinski definition) is 2. The SMILES string of the molecule is CC(C)NCC1CC1C(=O)O. The van der Waals surface area contributed by atoms with Gasteiger partial charge in [0.25, 0.3) is 0 Å². The van der Waals surface area contributed by atoms with Crippen molar-refractivity contribution in [3.05, 3.63) is 0 Å². The van der Waals surface area contributed by atoms with Crippen molar-refractivity contribution in [3.63, 3.8) is 0 Å². The number of carboxylic acid groups (broad SMARTS) is 1. The summed E-state index contributed by atoms with van der Waals surface area (Å²) < 4.78 is 0. The largest absolute Gasteiger partial charge is 0.481 e. The Morgan fingerprint density at radius 3 is 2.73 bits per heavy atom. The summed E-state index contributed by atoms with van der Waals surface area (Å²) in [6.45, 7) is 4.99. The fraction of sp³-hybridized carbons (Fsp3) is 0.875. The Hall–Kier alpha value is -0.570. The van der Waals surface area contributed by atoms with Crippen LogP contribution in [0.15, 0.2) is 0 Å². The molecule has 3 heteroatoms. The molecule has 0 heterocycles. The van der Waals surface area contributed by atoms with Crippen LogP contribution in [0.25, 0.3) is 0 Å². The van der Waals surface area contributed by atoms with Crippen LogP contribution in [-0.2, 0) is 4.79 Å². The van der Waals surface area contributed by atoms with E-state index < -0.39 is 5.97 Å². The van der Waals surface area contributed by atoms with Gasteiger partial charge in [-0.1, -0.05) is 13.8 Å². The summed E-state index contributed by atoms with van der Waals surface area (Å²) >= 11 is 0. The lowest BCUT2D eigenvalue weighted by molar-refractivity contribution is -0.138. The number of aliphatic carboxylic acids is 1. The minimum absolute atomic E-state index is 0.0683. The molecule has 64 valence electrons. The van der Waals surface area contributed by atoms with Gasteiger partial charge >= 0.3 is 5.97 Å². The zero-order valence-electron chi connectivity index (χ0n) is 7.00. The van der Waals surface area contributed by atoms with E-state index in [4.69, 9.17) is 5.11 Å². The summed E-state index contributed by atoms with van der Waals surface area (Å²) in [5.74, 6) is -0.322. The average molecular weight is 157 g/mol. The molecule has 1 rings (SSSR count). The van der Waals surface area contributed by atoms with Gasteiger partial charge in [0.2, 0.25) is 0 Å². The zero-order valence-corrected chi connectivity index (χ0v) is 7.00. The molecule has 0 aromatic heterocycles. The number of carboxylic acids is 1. The first kappa shape index (κ1) is 8.53. The molecule has 0 radical (unpaired) electrons. The van der Waals surface area contributed by atoms with Gasteiger partial charge in [-0.15, -0.1) is 0 Å². The first-order valence-corrected chi connectivity index (χ1v) is 4.07. The van der Waals surface area contributed by atoms with E-state index in [0.29, 0.717) is 12.0 Å². The van der Waals surface area contributed by atoms with E-state index in [1.807, 2.05) is 0 Å². The third kappa shape index (κ3) is 2.50. The highest BCUT2D eigenvalue weighted by Crippen LogP contribution is 2.37. The highest BCUT2D eigenvalue weighted by molar-refractivity contribution is 5.73. The first-order valence-electron chi connectivity index (χ1n) is 4.07. The third-order valence-corrected chi connectivity index (χ3v) is 2.03. The van der Waals surface area contributed by atoms with Crippen molar-refractivity contribution in [1.29, 1.82) is 0 Å². The Morgan fingerprint density at radius 2 is 2.36 bits per heavy atom. The van der Waals surface area contributed by atoms with Gasteiger partial charge in [0.05, 0.1) is 5.92 Å². The van der Waals surface area contributed by atoms with E-state index >= 15 is 0 Å². The lowest BCUT2D eigenvalue weighted by Crippen LogP contribution is -2.25. The van der Waals surface area contributed by atoms with E-state index in [1.165, 1.54) is 0 Å². The molecule has 11 heavy (non-hydrogen) atoms. The van der Waals surface area contributed by atoms with Gasteiger partial charge < -0.3 is 10.4 Å². The summed E-state index contributed by atoms with van der Waals surface area (Å²) in [6, 6.07) is 0.463. The Balaban J connectivity index is 2.09. The predicted molar refractivity (Wildman–Crippen MR) is 42.4 cm³/mol. The Morgan fingerprint density at radius 1 is 1.73 bits per heavy atom. The Labute approximate surface area is 66.8 Å². The summed E-state index contributed by atoms with van der Waals surface area (Å²) in [5, 5.41) is 11.8. The molecule has 2 N–H and O–H groups in total. The Kier molecular flexibility index (Phi) is 2.49. The maximum absolute atomic E-state index is 10.4. The summed E-state index contributed by atoms with van der Waals surface area (Å²) in [7, 11) is 0. The van der Waals surface area contributed by atoms with Gasteiger partial charge in [0.1, 0.15) is 0 Å². The van der Waals surface area contributed by atoms with Gasteiger partial charge in [0, 0.05) is 6.04 Å². The molecule has 2 unspecified atom stereocenters. The lowest BCUT2D eigenvalue weighted by atomic mass is 10.3. The fourth-order valence-corrected chi connectivity index (χ4v) is 1.16. The zero-order chi connectivity index (χ0) is 8.43. The van der Waals surface area contributed by atoms with Crippen molar-refractivity contribution >= 4 is 5.97 Å². The van der Waals surface area contributed by atoms with Gasteiger partial charge in [-0.3, -0.25) is 4.79 Å². The molecule has 3 nitrogen and oxygen atoms in total. The van der Waals surface area contributed by atoms with Crippen molar-refractivity contribution in [2.24, 2.45) is 11.8 Å². The number of hydrogen-bond acceptors (Lipinski definition) is 2.